The topological polar surface area (TPSA) is 93.2 Å². The number of nitrogens with two attached hydrogens (primary N) is 1. The van der Waals surface area contributed by atoms with Gasteiger partial charge in [-0.2, -0.15) is 0 Å². The predicted octanol–water partition coefficient (Wildman–Crippen LogP) is 4.58. The van der Waals surface area contributed by atoms with Crippen molar-refractivity contribution in [3.8, 4) is 0 Å². The van der Waals surface area contributed by atoms with Crippen molar-refractivity contribution in [1.29, 1.82) is 0 Å². The molecule has 0 spiro atoms. The number of carbonyl (C=O) groups is 2. The molecular weight excluding hydrogens is 438 g/mol. The monoisotopic (exact) mass is 467 g/mol. The van der Waals surface area contributed by atoms with Crippen molar-refractivity contribution >= 4 is 40.4 Å². The number of rotatable bonds is 8. The zero-order valence-corrected chi connectivity index (χ0v) is 19.6. The van der Waals surface area contributed by atoms with Gasteiger partial charge in [-0.25, -0.2) is 4.98 Å². The molecule has 1 aliphatic rings. The highest BCUT2D eigenvalue weighted by molar-refractivity contribution is 6.30. The fraction of sp³-hybridized carbons (Fsp3) is 0.400. The summed E-state index contributed by atoms with van der Waals surface area (Å²) in [6.07, 6.45) is 6.59. The van der Waals surface area contributed by atoms with Crippen LogP contribution in [0.3, 0.4) is 0 Å². The quantitative estimate of drug-likeness (QED) is 0.507. The van der Waals surface area contributed by atoms with Gasteiger partial charge in [0.05, 0.1) is 11.0 Å². The van der Waals surface area contributed by atoms with Crippen molar-refractivity contribution in [3.05, 3.63) is 58.6 Å². The number of benzene rings is 2. The van der Waals surface area contributed by atoms with E-state index in [9.17, 15) is 9.59 Å². The molecule has 7 nitrogen and oxygen atoms in total. The molecule has 0 atom stereocenters. The molecule has 4 rings (SSSR count). The van der Waals surface area contributed by atoms with Gasteiger partial charge in [-0.1, -0.05) is 36.9 Å². The highest BCUT2D eigenvalue weighted by atomic mass is 35.5. The summed E-state index contributed by atoms with van der Waals surface area (Å²) in [6, 6.07) is 13.4. The average Bonchev–Trinajstić information content (AvgIpc) is 3.14. The van der Waals surface area contributed by atoms with Crippen LogP contribution in [0.1, 0.15) is 54.4 Å². The van der Waals surface area contributed by atoms with Crippen LogP contribution in [-0.2, 0) is 17.9 Å². The number of anilines is 1. The molecule has 2 amide bonds. The first-order valence-corrected chi connectivity index (χ1v) is 11.8. The van der Waals surface area contributed by atoms with Crippen molar-refractivity contribution in [1.82, 2.24) is 14.5 Å². The van der Waals surface area contributed by atoms with E-state index in [0.717, 1.165) is 17.6 Å². The molecule has 0 aliphatic heterocycles. The predicted molar refractivity (Wildman–Crippen MR) is 131 cm³/mol. The molecule has 1 heterocycles. The smallest absolute Gasteiger partial charge is 0.257 e. The van der Waals surface area contributed by atoms with Crippen molar-refractivity contribution in [3.63, 3.8) is 0 Å². The number of fused-ring (bicyclic) bond motifs is 1. The number of nitrogens with one attached hydrogen (secondary N) is 1. The van der Waals surface area contributed by atoms with Gasteiger partial charge in [0.1, 0.15) is 0 Å². The van der Waals surface area contributed by atoms with Crippen LogP contribution in [0.4, 0.5) is 5.95 Å². The number of imidazole rings is 1. The minimum absolute atomic E-state index is 0.154. The second-order valence-corrected chi connectivity index (χ2v) is 9.23. The standard InChI is InChI=1S/C25H30ClN5O2/c1-30(20-5-3-2-4-6-20)16-17-7-12-22-21(15-17)28-25(31(22)14-13-23(27)32)29-24(33)18-8-10-19(26)11-9-18/h7-12,15,20H,2-6,13-14,16H2,1H3,(H2,27,32)(H,28,29,33). The van der Waals surface area contributed by atoms with Crippen LogP contribution >= 0.6 is 11.6 Å². The van der Waals surface area contributed by atoms with Crippen molar-refractivity contribution in [2.45, 2.75) is 57.7 Å². The number of hydrogen-bond acceptors (Lipinski definition) is 4. The van der Waals surface area contributed by atoms with Gasteiger partial charge in [0.25, 0.3) is 5.91 Å². The lowest BCUT2D eigenvalue weighted by Gasteiger charge is -2.31. The molecule has 0 saturated heterocycles. The Hall–Kier alpha value is -2.90. The Morgan fingerprint density at radius 2 is 1.88 bits per heavy atom. The maximum Gasteiger partial charge on any atom is 0.257 e. The van der Waals surface area contributed by atoms with Crippen molar-refractivity contribution < 1.29 is 9.59 Å². The van der Waals surface area contributed by atoms with Crippen molar-refractivity contribution in [2.75, 3.05) is 12.4 Å². The van der Waals surface area contributed by atoms with E-state index < -0.39 is 5.91 Å². The van der Waals surface area contributed by atoms with Crippen LogP contribution in [0, 0.1) is 0 Å². The van der Waals surface area contributed by atoms with Crippen LogP contribution < -0.4 is 11.1 Å². The fourth-order valence-electron chi connectivity index (χ4n) is 4.53. The molecule has 2 aromatic carbocycles. The molecule has 8 heteroatoms. The summed E-state index contributed by atoms with van der Waals surface area (Å²) in [4.78, 5) is 31.3. The van der Waals surface area contributed by atoms with Gasteiger partial charge < -0.3 is 10.3 Å². The average molecular weight is 468 g/mol. The van der Waals surface area contributed by atoms with Crippen LogP contribution in [0.2, 0.25) is 5.02 Å². The van der Waals surface area contributed by atoms with Gasteiger partial charge in [0.15, 0.2) is 0 Å². The number of amides is 2. The Kier molecular flexibility index (Phi) is 7.30. The molecular formula is C25H30ClN5O2. The van der Waals surface area contributed by atoms with E-state index in [4.69, 9.17) is 17.3 Å². The number of hydrogen-bond donors (Lipinski definition) is 2. The van der Waals surface area contributed by atoms with Crippen LogP contribution in [0.5, 0.6) is 0 Å². The molecule has 1 saturated carbocycles. The van der Waals surface area contributed by atoms with E-state index in [1.54, 1.807) is 24.3 Å². The van der Waals surface area contributed by atoms with Gasteiger partial charge >= 0.3 is 0 Å². The summed E-state index contributed by atoms with van der Waals surface area (Å²) in [5, 5.41) is 3.44. The fourth-order valence-corrected chi connectivity index (χ4v) is 4.66. The Balaban J connectivity index is 1.59. The first kappa shape index (κ1) is 23.3. The van der Waals surface area contributed by atoms with Gasteiger partial charge in [0.2, 0.25) is 11.9 Å². The van der Waals surface area contributed by atoms with Gasteiger partial charge in [-0.3, -0.25) is 19.8 Å². The largest absolute Gasteiger partial charge is 0.370 e. The van der Waals surface area contributed by atoms with Crippen LogP contribution in [-0.4, -0.2) is 39.4 Å². The Bertz CT molecular complexity index is 1140. The number of nitrogens with zero attached hydrogens (tertiary/aromatic N) is 3. The Morgan fingerprint density at radius 1 is 1.15 bits per heavy atom. The minimum atomic E-state index is -0.405. The second kappa shape index (κ2) is 10.4. The van der Waals surface area contributed by atoms with E-state index >= 15 is 0 Å². The number of halogens is 1. The minimum Gasteiger partial charge on any atom is -0.370 e. The summed E-state index contributed by atoms with van der Waals surface area (Å²) in [6.45, 7) is 1.19. The molecule has 1 aliphatic carbocycles. The third-order valence-electron chi connectivity index (χ3n) is 6.36. The maximum absolute atomic E-state index is 12.8. The van der Waals surface area contributed by atoms with E-state index in [1.165, 1.54) is 37.7 Å². The zero-order chi connectivity index (χ0) is 23.4. The van der Waals surface area contributed by atoms with E-state index in [0.29, 0.717) is 29.1 Å². The first-order chi connectivity index (χ1) is 15.9. The molecule has 1 fully saturated rings. The number of carbonyl (C=O) groups excluding carboxylic acids is 2. The van der Waals surface area contributed by atoms with Gasteiger partial charge in [-0.05, 0) is 61.9 Å². The number of aromatic nitrogens is 2. The second-order valence-electron chi connectivity index (χ2n) is 8.79. The number of aryl methyl sites for hydroxylation is 1. The van der Waals surface area contributed by atoms with E-state index in [1.807, 2.05) is 10.6 Å². The molecule has 3 N–H and O–H groups in total. The molecule has 1 aromatic heterocycles. The summed E-state index contributed by atoms with van der Waals surface area (Å²) in [5.41, 5.74) is 8.66. The van der Waals surface area contributed by atoms with Crippen LogP contribution in [0.15, 0.2) is 42.5 Å². The lowest BCUT2D eigenvalue weighted by Crippen LogP contribution is -2.32. The Labute approximate surface area is 198 Å². The third-order valence-corrected chi connectivity index (χ3v) is 6.61. The molecule has 0 bridgehead atoms. The molecule has 174 valence electrons. The SMILES string of the molecule is CN(Cc1ccc2c(c1)nc(NC(=O)c1ccc(Cl)cc1)n2CCC(N)=O)C1CCCCC1. The lowest BCUT2D eigenvalue weighted by atomic mass is 9.94. The first-order valence-electron chi connectivity index (χ1n) is 11.5. The summed E-state index contributed by atoms with van der Waals surface area (Å²) in [5.74, 6) is -0.305. The normalized spacial score (nSPS) is 14.6. The molecule has 33 heavy (non-hydrogen) atoms. The summed E-state index contributed by atoms with van der Waals surface area (Å²) in [7, 11) is 2.18. The number of primary amides is 1. The molecule has 0 unspecified atom stereocenters. The lowest BCUT2D eigenvalue weighted by molar-refractivity contribution is -0.118. The zero-order valence-electron chi connectivity index (χ0n) is 18.9. The van der Waals surface area contributed by atoms with E-state index in [2.05, 4.69) is 34.4 Å². The molecule has 3 aromatic rings. The summed E-state index contributed by atoms with van der Waals surface area (Å²) >= 11 is 5.93. The highest BCUT2D eigenvalue weighted by Gasteiger charge is 2.19. The third kappa shape index (κ3) is 5.72. The van der Waals surface area contributed by atoms with Crippen molar-refractivity contribution in [2.24, 2.45) is 5.73 Å². The Morgan fingerprint density at radius 3 is 2.58 bits per heavy atom. The van der Waals surface area contributed by atoms with Crippen LogP contribution in [0.25, 0.3) is 11.0 Å². The highest BCUT2D eigenvalue weighted by Crippen LogP contribution is 2.26. The van der Waals surface area contributed by atoms with Gasteiger partial charge in [0, 0.05) is 36.1 Å². The summed E-state index contributed by atoms with van der Waals surface area (Å²) < 4.78 is 1.84. The maximum atomic E-state index is 12.8. The van der Waals surface area contributed by atoms with Gasteiger partial charge in [-0.15, -0.1) is 0 Å². The molecule has 0 radical (unpaired) electrons. The van der Waals surface area contributed by atoms with E-state index in [-0.39, 0.29) is 12.3 Å².